The Kier molecular flexibility index (Phi) is 6.55. The van der Waals surface area contributed by atoms with Crippen LogP contribution >= 0.6 is 0 Å². The molecule has 7 nitrogen and oxygen atoms in total. The van der Waals surface area contributed by atoms with E-state index in [0.29, 0.717) is 12.8 Å². The van der Waals surface area contributed by atoms with Crippen molar-refractivity contribution >= 4 is 33.6 Å². The SMILES string of the molecule is COC(=O)C1CC(=O)N(OCc2ccc3ccccc3c2)C12CCN(Cc1ccc3ncccc3c1)CC2. The Hall–Kier alpha value is -3.81. The van der Waals surface area contributed by atoms with Crippen LogP contribution in [0.3, 0.4) is 0 Å². The summed E-state index contributed by atoms with van der Waals surface area (Å²) in [5, 5.41) is 4.92. The second-order valence-electron chi connectivity index (χ2n) is 10.3. The monoisotopic (exact) mass is 509 g/mol. The molecule has 2 saturated heterocycles. The van der Waals surface area contributed by atoms with E-state index in [9.17, 15) is 9.59 Å². The van der Waals surface area contributed by atoms with Crippen molar-refractivity contribution in [2.75, 3.05) is 20.2 Å². The number of amides is 1. The highest BCUT2D eigenvalue weighted by molar-refractivity contribution is 5.88. The van der Waals surface area contributed by atoms with Gasteiger partial charge in [-0.25, -0.2) is 5.06 Å². The second kappa shape index (κ2) is 10.2. The first-order valence-electron chi connectivity index (χ1n) is 13.1. The molecule has 0 aliphatic carbocycles. The Morgan fingerprint density at radius 1 is 0.947 bits per heavy atom. The smallest absolute Gasteiger partial charge is 0.311 e. The van der Waals surface area contributed by atoms with E-state index < -0.39 is 11.5 Å². The molecule has 0 bridgehead atoms. The number of benzene rings is 3. The number of hydrogen-bond donors (Lipinski definition) is 0. The van der Waals surface area contributed by atoms with Crippen molar-refractivity contribution in [1.29, 1.82) is 0 Å². The first-order valence-corrected chi connectivity index (χ1v) is 13.1. The molecule has 0 N–H and O–H groups in total. The van der Waals surface area contributed by atoms with Gasteiger partial charge in [-0.2, -0.15) is 0 Å². The van der Waals surface area contributed by atoms with E-state index in [1.807, 2.05) is 24.3 Å². The van der Waals surface area contributed by atoms with Gasteiger partial charge in [0.15, 0.2) is 0 Å². The van der Waals surface area contributed by atoms with Gasteiger partial charge in [0.05, 0.1) is 24.1 Å². The molecule has 194 valence electrons. The third-order valence-corrected chi connectivity index (χ3v) is 8.11. The van der Waals surface area contributed by atoms with E-state index in [0.717, 1.165) is 46.9 Å². The van der Waals surface area contributed by atoms with Crippen LogP contribution in [0.25, 0.3) is 21.7 Å². The predicted octanol–water partition coefficient (Wildman–Crippen LogP) is 4.88. The summed E-state index contributed by atoms with van der Waals surface area (Å²) >= 11 is 0. The van der Waals surface area contributed by atoms with Gasteiger partial charge >= 0.3 is 5.97 Å². The fraction of sp³-hybridized carbons (Fsp3) is 0.323. The number of hydroxylamine groups is 2. The van der Waals surface area contributed by atoms with Crippen molar-refractivity contribution in [2.45, 2.75) is 38.0 Å². The number of likely N-dealkylation sites (tertiary alicyclic amines) is 1. The molecule has 3 aromatic carbocycles. The van der Waals surface area contributed by atoms with E-state index >= 15 is 0 Å². The van der Waals surface area contributed by atoms with E-state index in [1.165, 1.54) is 17.7 Å². The number of carbonyl (C=O) groups is 2. The third kappa shape index (κ3) is 4.52. The summed E-state index contributed by atoms with van der Waals surface area (Å²) in [6, 6.07) is 24.7. The molecule has 1 atom stereocenters. The zero-order chi connectivity index (χ0) is 26.1. The Morgan fingerprint density at radius 2 is 1.68 bits per heavy atom. The Labute approximate surface area is 221 Å². The maximum Gasteiger partial charge on any atom is 0.311 e. The highest BCUT2D eigenvalue weighted by Crippen LogP contribution is 2.45. The number of fused-ring (bicyclic) bond motifs is 2. The first-order chi connectivity index (χ1) is 18.6. The van der Waals surface area contributed by atoms with Crippen LogP contribution in [0, 0.1) is 5.92 Å². The van der Waals surface area contributed by atoms with Crippen LogP contribution in [0.2, 0.25) is 0 Å². The lowest BCUT2D eigenvalue weighted by Crippen LogP contribution is -2.57. The zero-order valence-electron chi connectivity index (χ0n) is 21.5. The third-order valence-electron chi connectivity index (χ3n) is 8.11. The highest BCUT2D eigenvalue weighted by Gasteiger charge is 2.58. The summed E-state index contributed by atoms with van der Waals surface area (Å²) in [7, 11) is 1.39. The number of nitrogens with zero attached hydrogens (tertiary/aromatic N) is 3. The first kappa shape index (κ1) is 24.5. The van der Waals surface area contributed by atoms with E-state index in [4.69, 9.17) is 9.57 Å². The van der Waals surface area contributed by atoms with Gasteiger partial charge in [-0.05, 0) is 59.0 Å². The van der Waals surface area contributed by atoms with Crippen LogP contribution in [-0.4, -0.2) is 52.6 Å². The Bertz CT molecular complexity index is 1500. The number of carbonyl (C=O) groups excluding carboxylic acids is 2. The summed E-state index contributed by atoms with van der Waals surface area (Å²) in [4.78, 5) is 39.0. The van der Waals surface area contributed by atoms with Crippen LogP contribution in [0.15, 0.2) is 79.0 Å². The Balaban J connectivity index is 1.19. The van der Waals surface area contributed by atoms with Crippen LogP contribution in [-0.2, 0) is 32.3 Å². The zero-order valence-corrected chi connectivity index (χ0v) is 21.5. The second-order valence-corrected chi connectivity index (χ2v) is 10.3. The lowest BCUT2D eigenvalue weighted by molar-refractivity contribution is -0.229. The maximum atomic E-state index is 13.2. The molecule has 38 heavy (non-hydrogen) atoms. The molecule has 0 saturated carbocycles. The molecule has 3 heterocycles. The van der Waals surface area contributed by atoms with Gasteiger partial charge in [-0.15, -0.1) is 0 Å². The number of ether oxygens (including phenoxy) is 1. The van der Waals surface area contributed by atoms with Crippen LogP contribution in [0.1, 0.15) is 30.4 Å². The molecular formula is C31H31N3O4. The average molecular weight is 510 g/mol. The highest BCUT2D eigenvalue weighted by atomic mass is 16.7. The molecule has 0 radical (unpaired) electrons. The van der Waals surface area contributed by atoms with Gasteiger partial charge in [-0.1, -0.05) is 48.5 Å². The maximum absolute atomic E-state index is 13.2. The van der Waals surface area contributed by atoms with E-state index in [2.05, 4.69) is 58.4 Å². The quantitative estimate of drug-likeness (QED) is 0.345. The number of piperidine rings is 1. The number of methoxy groups -OCH3 is 1. The minimum Gasteiger partial charge on any atom is -0.469 e. The minimum absolute atomic E-state index is 0.113. The van der Waals surface area contributed by atoms with E-state index in [1.54, 1.807) is 6.20 Å². The summed E-state index contributed by atoms with van der Waals surface area (Å²) in [6.07, 6.45) is 3.21. The molecule has 7 heteroatoms. The lowest BCUT2D eigenvalue weighted by atomic mass is 9.77. The summed E-state index contributed by atoms with van der Waals surface area (Å²) < 4.78 is 5.14. The number of rotatable bonds is 6. The molecule has 2 aliphatic rings. The fourth-order valence-corrected chi connectivity index (χ4v) is 6.08. The Morgan fingerprint density at radius 3 is 2.50 bits per heavy atom. The molecule has 6 rings (SSSR count). The van der Waals surface area contributed by atoms with Crippen molar-refractivity contribution in [3.05, 3.63) is 90.1 Å². The molecule has 2 aliphatic heterocycles. The summed E-state index contributed by atoms with van der Waals surface area (Å²) in [5.41, 5.74) is 2.48. The van der Waals surface area contributed by atoms with Crippen LogP contribution in [0.4, 0.5) is 0 Å². The minimum atomic E-state index is -0.704. The predicted molar refractivity (Wildman–Crippen MR) is 145 cm³/mol. The van der Waals surface area contributed by atoms with Gasteiger partial charge in [0.25, 0.3) is 0 Å². The van der Waals surface area contributed by atoms with Crippen LogP contribution in [0.5, 0.6) is 0 Å². The fourth-order valence-electron chi connectivity index (χ4n) is 6.08. The number of aromatic nitrogens is 1. The van der Waals surface area contributed by atoms with Gasteiger partial charge in [0.2, 0.25) is 5.91 Å². The van der Waals surface area contributed by atoms with Crippen LogP contribution < -0.4 is 0 Å². The molecule has 4 aromatic rings. The van der Waals surface area contributed by atoms with Crippen molar-refractivity contribution in [2.24, 2.45) is 5.92 Å². The van der Waals surface area contributed by atoms with Crippen molar-refractivity contribution in [3.63, 3.8) is 0 Å². The molecule has 1 aromatic heterocycles. The van der Waals surface area contributed by atoms with Gasteiger partial charge in [0, 0.05) is 37.6 Å². The van der Waals surface area contributed by atoms with Crippen molar-refractivity contribution in [3.8, 4) is 0 Å². The number of esters is 1. The standard InChI is InChI=1S/C31H31N3O4/c1-37-30(36)27-19-29(35)34(38-21-23-8-10-24-5-2-3-6-25(24)18-23)31(27)12-15-33(16-13-31)20-22-9-11-28-26(17-22)7-4-14-32-28/h2-11,14,17-18,27H,12-13,15-16,19-21H2,1H3. The van der Waals surface area contributed by atoms with Gasteiger partial charge in [-0.3, -0.25) is 24.3 Å². The lowest BCUT2D eigenvalue weighted by Gasteiger charge is -2.45. The van der Waals surface area contributed by atoms with Crippen molar-refractivity contribution in [1.82, 2.24) is 14.9 Å². The normalized spacial score (nSPS) is 19.4. The average Bonchev–Trinajstić information content (AvgIpc) is 3.22. The largest absolute Gasteiger partial charge is 0.469 e. The number of pyridine rings is 1. The van der Waals surface area contributed by atoms with Gasteiger partial charge in [0.1, 0.15) is 6.61 Å². The van der Waals surface area contributed by atoms with Crippen molar-refractivity contribution < 1.29 is 19.2 Å². The summed E-state index contributed by atoms with van der Waals surface area (Å²) in [6.45, 7) is 2.57. The number of hydrogen-bond acceptors (Lipinski definition) is 6. The van der Waals surface area contributed by atoms with Gasteiger partial charge < -0.3 is 4.74 Å². The molecule has 1 unspecified atom stereocenters. The molecule has 2 fully saturated rings. The van der Waals surface area contributed by atoms with E-state index in [-0.39, 0.29) is 24.9 Å². The molecular weight excluding hydrogens is 478 g/mol. The molecule has 1 spiro atoms. The molecule has 1 amide bonds. The summed E-state index contributed by atoms with van der Waals surface area (Å²) in [5.74, 6) is -1.03. The topological polar surface area (TPSA) is 72.0 Å².